The molecule has 0 aliphatic heterocycles. The van der Waals surface area contributed by atoms with Gasteiger partial charge in [0, 0.05) is 12.1 Å². The van der Waals surface area contributed by atoms with Crippen molar-refractivity contribution in [2.24, 2.45) is 0 Å². The maximum absolute atomic E-state index is 10.8. The molecule has 0 saturated heterocycles. The number of carbonyl (C=O) groups is 1. The monoisotopic (exact) mass is 239 g/mol. The van der Waals surface area contributed by atoms with Crippen molar-refractivity contribution in [1.29, 1.82) is 0 Å². The highest BCUT2D eigenvalue weighted by Gasteiger charge is 2.09. The minimum Gasteiger partial charge on any atom is -0.493 e. The number of hydrogen-bond donors (Lipinski definition) is 0. The Morgan fingerprint density at radius 2 is 2.18 bits per heavy atom. The standard InChI is InChI=1S/C11H13NO5/c1-8-7-9(12(14)15)3-4-10(8)17-6-5-11(13)16-2/h3-4,7H,5-6H2,1-2H3. The Morgan fingerprint density at radius 1 is 1.47 bits per heavy atom. The average Bonchev–Trinajstić information content (AvgIpc) is 2.30. The number of carbonyl (C=O) groups excluding carboxylic acids is 1. The van der Waals surface area contributed by atoms with E-state index in [1.807, 2.05) is 0 Å². The van der Waals surface area contributed by atoms with Crippen molar-refractivity contribution in [1.82, 2.24) is 0 Å². The van der Waals surface area contributed by atoms with Crippen LogP contribution in [0.1, 0.15) is 12.0 Å². The van der Waals surface area contributed by atoms with Crippen LogP contribution in [0, 0.1) is 17.0 Å². The van der Waals surface area contributed by atoms with Crippen LogP contribution in [0.15, 0.2) is 18.2 Å². The van der Waals surface area contributed by atoms with Crippen LogP contribution in [0.25, 0.3) is 0 Å². The van der Waals surface area contributed by atoms with Gasteiger partial charge in [-0.25, -0.2) is 0 Å². The molecule has 0 aliphatic rings. The predicted molar refractivity (Wildman–Crippen MR) is 60.0 cm³/mol. The lowest BCUT2D eigenvalue weighted by Crippen LogP contribution is -2.08. The summed E-state index contributed by atoms with van der Waals surface area (Å²) in [7, 11) is 1.31. The molecule has 0 heterocycles. The van der Waals surface area contributed by atoms with E-state index in [-0.39, 0.29) is 24.7 Å². The van der Waals surface area contributed by atoms with Crippen molar-refractivity contribution in [2.45, 2.75) is 13.3 Å². The normalized spacial score (nSPS) is 9.76. The van der Waals surface area contributed by atoms with Crippen molar-refractivity contribution < 1.29 is 19.2 Å². The third kappa shape index (κ3) is 3.75. The molecule has 0 N–H and O–H groups in total. The highest BCUT2D eigenvalue weighted by Crippen LogP contribution is 2.23. The summed E-state index contributed by atoms with van der Waals surface area (Å²) in [6, 6.07) is 4.30. The van der Waals surface area contributed by atoms with Crippen LogP contribution in [0.2, 0.25) is 0 Å². The number of ether oxygens (including phenoxy) is 2. The van der Waals surface area contributed by atoms with Gasteiger partial charge in [0.15, 0.2) is 0 Å². The largest absolute Gasteiger partial charge is 0.493 e. The van der Waals surface area contributed by atoms with E-state index in [1.165, 1.54) is 25.3 Å². The quantitative estimate of drug-likeness (QED) is 0.445. The van der Waals surface area contributed by atoms with Crippen molar-refractivity contribution in [2.75, 3.05) is 13.7 Å². The Kier molecular flexibility index (Phi) is 4.45. The van der Waals surface area contributed by atoms with E-state index in [0.717, 1.165) is 0 Å². The molecule has 0 saturated carbocycles. The summed E-state index contributed by atoms with van der Waals surface area (Å²) in [5.74, 6) is 0.170. The summed E-state index contributed by atoms with van der Waals surface area (Å²) < 4.78 is 9.78. The second-order valence-electron chi connectivity index (χ2n) is 3.38. The first-order valence-corrected chi connectivity index (χ1v) is 4.99. The predicted octanol–water partition coefficient (Wildman–Crippen LogP) is 1.85. The zero-order chi connectivity index (χ0) is 12.8. The lowest BCUT2D eigenvalue weighted by molar-refractivity contribution is -0.384. The molecule has 0 aliphatic carbocycles. The number of nitro groups is 1. The van der Waals surface area contributed by atoms with Crippen LogP contribution in [-0.4, -0.2) is 24.6 Å². The summed E-state index contributed by atoms with van der Waals surface area (Å²) in [6.07, 6.45) is 0.146. The van der Waals surface area contributed by atoms with Gasteiger partial charge in [0.25, 0.3) is 5.69 Å². The van der Waals surface area contributed by atoms with E-state index in [2.05, 4.69) is 4.74 Å². The van der Waals surface area contributed by atoms with Gasteiger partial charge in [-0.05, 0) is 18.6 Å². The van der Waals surface area contributed by atoms with E-state index in [1.54, 1.807) is 6.92 Å². The van der Waals surface area contributed by atoms with Gasteiger partial charge in [0.1, 0.15) is 5.75 Å². The molecule has 0 amide bonds. The Hall–Kier alpha value is -2.11. The SMILES string of the molecule is COC(=O)CCOc1ccc([N+](=O)[O-])cc1C. The number of rotatable bonds is 5. The highest BCUT2D eigenvalue weighted by atomic mass is 16.6. The summed E-state index contributed by atoms with van der Waals surface area (Å²) in [4.78, 5) is 20.9. The van der Waals surface area contributed by atoms with Gasteiger partial charge < -0.3 is 9.47 Å². The van der Waals surface area contributed by atoms with E-state index in [0.29, 0.717) is 11.3 Å². The number of methoxy groups -OCH3 is 1. The maximum atomic E-state index is 10.8. The van der Waals surface area contributed by atoms with Crippen molar-refractivity contribution in [3.8, 4) is 5.75 Å². The van der Waals surface area contributed by atoms with Gasteiger partial charge in [-0.2, -0.15) is 0 Å². The first kappa shape index (κ1) is 13.0. The first-order valence-electron chi connectivity index (χ1n) is 4.99. The zero-order valence-corrected chi connectivity index (χ0v) is 9.63. The third-order valence-electron chi connectivity index (χ3n) is 2.16. The van der Waals surface area contributed by atoms with Crippen molar-refractivity contribution in [3.63, 3.8) is 0 Å². The number of benzene rings is 1. The number of nitro benzene ring substituents is 1. The van der Waals surface area contributed by atoms with E-state index >= 15 is 0 Å². The Bertz CT molecular complexity index is 430. The molecule has 0 atom stereocenters. The van der Waals surface area contributed by atoms with E-state index in [9.17, 15) is 14.9 Å². The molecular formula is C11H13NO5. The summed E-state index contributed by atoms with van der Waals surface area (Å²) >= 11 is 0. The highest BCUT2D eigenvalue weighted by molar-refractivity contribution is 5.69. The van der Waals surface area contributed by atoms with Crippen LogP contribution in [0.5, 0.6) is 5.75 Å². The fourth-order valence-corrected chi connectivity index (χ4v) is 1.26. The molecule has 0 bridgehead atoms. The second-order valence-corrected chi connectivity index (χ2v) is 3.38. The molecule has 1 aromatic rings. The number of esters is 1. The van der Waals surface area contributed by atoms with Crippen LogP contribution in [0.4, 0.5) is 5.69 Å². The average molecular weight is 239 g/mol. The van der Waals surface area contributed by atoms with Gasteiger partial charge in [0.05, 0.1) is 25.1 Å². The summed E-state index contributed by atoms with van der Waals surface area (Å²) in [6.45, 7) is 1.89. The van der Waals surface area contributed by atoms with Gasteiger partial charge in [-0.15, -0.1) is 0 Å². The first-order chi connectivity index (χ1) is 8.04. The van der Waals surface area contributed by atoms with Gasteiger partial charge in [-0.3, -0.25) is 14.9 Å². The molecule has 92 valence electrons. The van der Waals surface area contributed by atoms with E-state index < -0.39 is 4.92 Å². The summed E-state index contributed by atoms with van der Waals surface area (Å²) in [5, 5.41) is 10.5. The topological polar surface area (TPSA) is 78.7 Å². The van der Waals surface area contributed by atoms with Crippen LogP contribution in [-0.2, 0) is 9.53 Å². The van der Waals surface area contributed by atoms with Gasteiger partial charge >= 0.3 is 5.97 Å². The van der Waals surface area contributed by atoms with Crippen LogP contribution >= 0.6 is 0 Å². The minimum absolute atomic E-state index is 0.0165. The molecule has 1 rings (SSSR count). The van der Waals surface area contributed by atoms with Gasteiger partial charge in [0.2, 0.25) is 0 Å². The molecule has 1 aromatic carbocycles. The number of hydrogen-bond acceptors (Lipinski definition) is 5. The molecule has 0 aromatic heterocycles. The van der Waals surface area contributed by atoms with E-state index in [4.69, 9.17) is 4.74 Å². The molecular weight excluding hydrogens is 226 g/mol. The number of non-ortho nitro benzene ring substituents is 1. The summed E-state index contributed by atoms with van der Waals surface area (Å²) in [5.41, 5.74) is 0.673. The Balaban J connectivity index is 2.60. The van der Waals surface area contributed by atoms with Crippen LogP contribution < -0.4 is 4.74 Å². The minimum atomic E-state index is -0.467. The second kappa shape index (κ2) is 5.83. The van der Waals surface area contributed by atoms with Crippen molar-refractivity contribution in [3.05, 3.63) is 33.9 Å². The fraction of sp³-hybridized carbons (Fsp3) is 0.364. The zero-order valence-electron chi connectivity index (χ0n) is 9.63. The number of aryl methyl sites for hydroxylation is 1. The maximum Gasteiger partial charge on any atom is 0.308 e. The molecule has 6 nitrogen and oxygen atoms in total. The smallest absolute Gasteiger partial charge is 0.308 e. The Morgan fingerprint density at radius 3 is 2.71 bits per heavy atom. The molecule has 0 spiro atoms. The Labute approximate surface area is 98.3 Å². The van der Waals surface area contributed by atoms with Crippen molar-refractivity contribution >= 4 is 11.7 Å². The molecule has 0 radical (unpaired) electrons. The number of nitrogens with zero attached hydrogens (tertiary/aromatic N) is 1. The molecule has 0 unspecified atom stereocenters. The lowest BCUT2D eigenvalue weighted by Gasteiger charge is -2.07. The van der Waals surface area contributed by atoms with Gasteiger partial charge in [-0.1, -0.05) is 0 Å². The third-order valence-corrected chi connectivity index (χ3v) is 2.16. The lowest BCUT2D eigenvalue weighted by atomic mass is 10.2. The molecule has 0 fully saturated rings. The van der Waals surface area contributed by atoms with Crippen LogP contribution in [0.3, 0.4) is 0 Å². The molecule has 6 heteroatoms. The molecule has 17 heavy (non-hydrogen) atoms. The fourth-order valence-electron chi connectivity index (χ4n) is 1.26.